The molecule has 0 radical (unpaired) electrons. The van der Waals surface area contributed by atoms with Crippen LogP contribution in [0.5, 0.6) is 0 Å². The number of hydrogen-bond donors (Lipinski definition) is 1. The third-order valence-electron chi connectivity index (χ3n) is 4.64. The lowest BCUT2D eigenvalue weighted by atomic mass is 9.75. The van der Waals surface area contributed by atoms with E-state index < -0.39 is 15.9 Å². The fourth-order valence-corrected chi connectivity index (χ4v) is 5.02. The van der Waals surface area contributed by atoms with Crippen LogP contribution >= 0.6 is 0 Å². The topological polar surface area (TPSA) is 60.9 Å². The first-order valence-corrected chi connectivity index (χ1v) is 8.34. The molecule has 1 heterocycles. The number of sulfone groups is 1. The van der Waals surface area contributed by atoms with Gasteiger partial charge >= 0.3 is 0 Å². The second-order valence-electron chi connectivity index (χ2n) is 6.10. The van der Waals surface area contributed by atoms with E-state index in [-0.39, 0.29) is 23.1 Å². The van der Waals surface area contributed by atoms with Gasteiger partial charge in [-0.15, -0.1) is 0 Å². The van der Waals surface area contributed by atoms with Gasteiger partial charge in [-0.2, -0.15) is 0 Å². The second-order valence-corrected chi connectivity index (χ2v) is 8.25. The average molecular weight is 276 g/mol. The van der Waals surface area contributed by atoms with Crippen LogP contribution in [-0.4, -0.2) is 80.2 Å². The monoisotopic (exact) mass is 276 g/mol. The fourth-order valence-electron chi connectivity index (χ4n) is 3.14. The molecule has 1 aliphatic carbocycles. The molecule has 0 aromatic heterocycles. The summed E-state index contributed by atoms with van der Waals surface area (Å²) in [5.41, 5.74) is 0.167. The van der Waals surface area contributed by atoms with Crippen LogP contribution in [0.3, 0.4) is 0 Å². The molecule has 5 nitrogen and oxygen atoms in total. The Morgan fingerprint density at radius 1 is 1.22 bits per heavy atom. The van der Waals surface area contributed by atoms with Crippen molar-refractivity contribution < 1.29 is 13.5 Å². The van der Waals surface area contributed by atoms with Gasteiger partial charge in [-0.1, -0.05) is 0 Å². The van der Waals surface area contributed by atoms with Crippen molar-refractivity contribution in [3.05, 3.63) is 0 Å². The van der Waals surface area contributed by atoms with Gasteiger partial charge in [0.1, 0.15) is 0 Å². The van der Waals surface area contributed by atoms with Crippen LogP contribution in [-0.2, 0) is 9.84 Å². The van der Waals surface area contributed by atoms with E-state index in [2.05, 4.69) is 19.0 Å². The fraction of sp³-hybridized carbons (Fsp3) is 1.00. The number of hydrogen-bond acceptors (Lipinski definition) is 5. The summed E-state index contributed by atoms with van der Waals surface area (Å²) in [5, 5.41) is 9.89. The maximum Gasteiger partial charge on any atom is 0.154 e. The second kappa shape index (κ2) is 4.74. The Morgan fingerprint density at radius 3 is 2.17 bits per heavy atom. The molecule has 18 heavy (non-hydrogen) atoms. The number of nitrogens with zero attached hydrogens (tertiary/aromatic N) is 2. The van der Waals surface area contributed by atoms with Gasteiger partial charge in [0.25, 0.3) is 0 Å². The summed E-state index contributed by atoms with van der Waals surface area (Å²) < 4.78 is 23.1. The quantitative estimate of drug-likeness (QED) is 0.754. The normalized spacial score (nSPS) is 33.9. The van der Waals surface area contributed by atoms with Crippen molar-refractivity contribution in [2.45, 2.75) is 36.9 Å². The number of rotatable bonds is 4. The van der Waals surface area contributed by atoms with E-state index in [4.69, 9.17) is 0 Å². The van der Waals surface area contributed by atoms with Crippen LogP contribution in [0.4, 0.5) is 0 Å². The van der Waals surface area contributed by atoms with Crippen LogP contribution in [0.1, 0.15) is 19.3 Å². The first-order valence-electron chi connectivity index (χ1n) is 6.52. The molecule has 0 spiro atoms. The van der Waals surface area contributed by atoms with Crippen molar-refractivity contribution in [2.24, 2.45) is 0 Å². The Labute approximate surface area is 110 Å². The standard InChI is InChI=1S/C12H24N2O3S/c1-13(2)12(5-4-6-12)9-14(3)10-7-18(16,17)8-11(10)15/h10-11,15H,4-9H2,1-3H3. The minimum atomic E-state index is -3.06. The summed E-state index contributed by atoms with van der Waals surface area (Å²) in [6.45, 7) is 0.831. The maximum absolute atomic E-state index is 11.5. The molecule has 0 bridgehead atoms. The van der Waals surface area contributed by atoms with E-state index in [0.29, 0.717) is 0 Å². The highest BCUT2D eigenvalue weighted by Gasteiger charge is 2.44. The van der Waals surface area contributed by atoms with Crippen molar-refractivity contribution in [3.63, 3.8) is 0 Å². The molecule has 2 rings (SSSR count). The van der Waals surface area contributed by atoms with E-state index in [0.717, 1.165) is 19.4 Å². The minimum absolute atomic E-state index is 0.0863. The number of aliphatic hydroxyl groups excluding tert-OH is 1. The van der Waals surface area contributed by atoms with E-state index in [1.807, 2.05) is 11.9 Å². The molecular weight excluding hydrogens is 252 g/mol. The van der Waals surface area contributed by atoms with Crippen molar-refractivity contribution in [1.82, 2.24) is 9.80 Å². The number of likely N-dealkylation sites (N-methyl/N-ethyl adjacent to an activating group) is 2. The Morgan fingerprint density at radius 2 is 1.83 bits per heavy atom. The average Bonchev–Trinajstić information content (AvgIpc) is 2.45. The zero-order valence-electron chi connectivity index (χ0n) is 11.5. The zero-order chi connectivity index (χ0) is 13.6. The smallest absolute Gasteiger partial charge is 0.154 e. The maximum atomic E-state index is 11.5. The third kappa shape index (κ3) is 2.57. The van der Waals surface area contributed by atoms with Gasteiger partial charge in [0, 0.05) is 12.1 Å². The lowest BCUT2D eigenvalue weighted by Crippen LogP contribution is -2.59. The largest absolute Gasteiger partial charge is 0.390 e. The highest BCUT2D eigenvalue weighted by atomic mass is 32.2. The molecule has 2 unspecified atom stereocenters. The summed E-state index contributed by atoms with van der Waals surface area (Å²) in [7, 11) is 3.03. The lowest BCUT2D eigenvalue weighted by molar-refractivity contribution is 0.00129. The van der Waals surface area contributed by atoms with Crippen LogP contribution in [0, 0.1) is 0 Å². The third-order valence-corrected chi connectivity index (χ3v) is 6.34. The predicted molar refractivity (Wildman–Crippen MR) is 71.3 cm³/mol. The van der Waals surface area contributed by atoms with Gasteiger partial charge in [-0.25, -0.2) is 8.42 Å². The van der Waals surface area contributed by atoms with Gasteiger partial charge in [-0.05, 0) is 40.4 Å². The molecule has 1 saturated heterocycles. The first kappa shape index (κ1) is 14.2. The molecule has 6 heteroatoms. The van der Waals surface area contributed by atoms with Gasteiger partial charge < -0.3 is 10.0 Å². The van der Waals surface area contributed by atoms with E-state index in [1.165, 1.54) is 6.42 Å². The molecule has 2 atom stereocenters. The molecule has 2 fully saturated rings. The van der Waals surface area contributed by atoms with Crippen molar-refractivity contribution in [1.29, 1.82) is 0 Å². The summed E-state index contributed by atoms with van der Waals surface area (Å²) in [4.78, 5) is 4.28. The van der Waals surface area contributed by atoms with E-state index in [1.54, 1.807) is 0 Å². The Balaban J connectivity index is 2.02. The molecule has 1 aliphatic heterocycles. The van der Waals surface area contributed by atoms with Gasteiger partial charge in [0.15, 0.2) is 9.84 Å². The molecule has 1 saturated carbocycles. The highest BCUT2D eigenvalue weighted by molar-refractivity contribution is 7.91. The summed E-state index contributed by atoms with van der Waals surface area (Å²) >= 11 is 0. The van der Waals surface area contributed by atoms with Crippen LogP contribution in [0.25, 0.3) is 0 Å². The Bertz CT molecular complexity index is 404. The lowest BCUT2D eigenvalue weighted by Gasteiger charge is -2.50. The van der Waals surface area contributed by atoms with Crippen LogP contribution in [0.15, 0.2) is 0 Å². The summed E-state index contributed by atoms with van der Waals surface area (Å²) in [6, 6.07) is -0.243. The highest BCUT2D eigenvalue weighted by Crippen LogP contribution is 2.37. The predicted octanol–water partition coefficient (Wildman–Crippen LogP) is -0.440. The van der Waals surface area contributed by atoms with Crippen molar-refractivity contribution >= 4 is 9.84 Å². The Hall–Kier alpha value is -0.170. The number of aliphatic hydroxyl groups is 1. The van der Waals surface area contributed by atoms with Crippen LogP contribution in [0.2, 0.25) is 0 Å². The molecule has 0 amide bonds. The van der Waals surface area contributed by atoms with Crippen molar-refractivity contribution in [2.75, 3.05) is 39.2 Å². The molecule has 0 aromatic rings. The SMILES string of the molecule is CN(CC1(N(C)C)CCC1)C1CS(=O)(=O)CC1O. The van der Waals surface area contributed by atoms with Crippen LogP contribution < -0.4 is 0 Å². The van der Waals surface area contributed by atoms with Crippen molar-refractivity contribution in [3.8, 4) is 0 Å². The van der Waals surface area contributed by atoms with E-state index in [9.17, 15) is 13.5 Å². The Kier molecular flexibility index (Phi) is 3.75. The molecular formula is C12H24N2O3S. The molecule has 1 N–H and O–H groups in total. The molecule has 0 aromatic carbocycles. The minimum Gasteiger partial charge on any atom is -0.390 e. The summed E-state index contributed by atoms with van der Waals surface area (Å²) in [6.07, 6.45) is 2.80. The first-order chi connectivity index (χ1) is 8.26. The van der Waals surface area contributed by atoms with Gasteiger partial charge in [0.2, 0.25) is 0 Å². The zero-order valence-corrected chi connectivity index (χ0v) is 12.3. The van der Waals surface area contributed by atoms with E-state index >= 15 is 0 Å². The van der Waals surface area contributed by atoms with Gasteiger partial charge in [0.05, 0.1) is 23.7 Å². The molecule has 2 aliphatic rings. The van der Waals surface area contributed by atoms with Gasteiger partial charge in [-0.3, -0.25) is 4.90 Å². The molecule has 106 valence electrons. The summed E-state index contributed by atoms with van der Waals surface area (Å²) in [5.74, 6) is 0.00511.